The number of halogens is 3. The standard InChI is InChI=1S/C16H14BrF2NO/c17-12-8-13(18)11(7-14(12)19)16(20)10-5-6-21-15-4-2-1-3-9(10)15/h1-4,7-8,10,16H,5-6,20H2. The minimum atomic E-state index is -0.613. The second-order valence-electron chi connectivity index (χ2n) is 5.10. The van der Waals surface area contributed by atoms with Crippen LogP contribution in [0, 0.1) is 11.6 Å². The van der Waals surface area contributed by atoms with Crippen LogP contribution in [-0.4, -0.2) is 6.61 Å². The van der Waals surface area contributed by atoms with Crippen LogP contribution < -0.4 is 10.5 Å². The highest BCUT2D eigenvalue weighted by molar-refractivity contribution is 9.10. The van der Waals surface area contributed by atoms with E-state index < -0.39 is 17.7 Å². The third-order valence-electron chi connectivity index (χ3n) is 3.84. The van der Waals surface area contributed by atoms with Crippen molar-refractivity contribution in [1.82, 2.24) is 0 Å². The molecule has 0 amide bonds. The lowest BCUT2D eigenvalue weighted by molar-refractivity contribution is 0.254. The van der Waals surface area contributed by atoms with Gasteiger partial charge in [0.25, 0.3) is 0 Å². The number of para-hydroxylation sites is 1. The van der Waals surface area contributed by atoms with Crippen LogP contribution in [0.3, 0.4) is 0 Å². The minimum Gasteiger partial charge on any atom is -0.493 e. The van der Waals surface area contributed by atoms with Crippen LogP contribution in [0.25, 0.3) is 0 Å². The molecule has 1 aliphatic rings. The molecule has 2 N–H and O–H groups in total. The van der Waals surface area contributed by atoms with Gasteiger partial charge in [0.05, 0.1) is 11.1 Å². The normalized spacial score (nSPS) is 18.8. The first-order valence-corrected chi connectivity index (χ1v) is 7.49. The summed E-state index contributed by atoms with van der Waals surface area (Å²) in [6.07, 6.45) is 0.676. The number of rotatable bonds is 2. The molecular formula is C16H14BrF2NO. The molecule has 2 aromatic carbocycles. The van der Waals surface area contributed by atoms with E-state index >= 15 is 0 Å². The summed E-state index contributed by atoms with van der Waals surface area (Å²) in [6, 6.07) is 9.24. The van der Waals surface area contributed by atoms with E-state index in [1.54, 1.807) is 0 Å². The smallest absolute Gasteiger partial charge is 0.137 e. The summed E-state index contributed by atoms with van der Waals surface area (Å²) in [5, 5.41) is 0. The molecule has 0 aromatic heterocycles. The minimum absolute atomic E-state index is 0.0926. The number of ether oxygens (including phenoxy) is 1. The van der Waals surface area contributed by atoms with Crippen LogP contribution in [0.5, 0.6) is 5.75 Å². The highest BCUT2D eigenvalue weighted by Crippen LogP contribution is 2.41. The maximum atomic E-state index is 14.1. The van der Waals surface area contributed by atoms with Gasteiger partial charge in [0.15, 0.2) is 0 Å². The molecule has 1 aliphatic heterocycles. The number of nitrogens with two attached hydrogens (primary N) is 1. The van der Waals surface area contributed by atoms with Crippen LogP contribution in [0.15, 0.2) is 40.9 Å². The van der Waals surface area contributed by atoms with E-state index in [-0.39, 0.29) is 16.0 Å². The molecule has 5 heteroatoms. The second kappa shape index (κ2) is 5.73. The number of hydrogen-bond donors (Lipinski definition) is 1. The summed E-state index contributed by atoms with van der Waals surface area (Å²) < 4.78 is 33.5. The third kappa shape index (κ3) is 2.68. The quantitative estimate of drug-likeness (QED) is 0.817. The summed E-state index contributed by atoms with van der Waals surface area (Å²) >= 11 is 2.98. The molecule has 110 valence electrons. The Hall–Kier alpha value is -1.46. The summed E-state index contributed by atoms with van der Waals surface area (Å²) in [6.45, 7) is 0.524. The van der Waals surface area contributed by atoms with Gasteiger partial charge in [0.1, 0.15) is 17.4 Å². The molecule has 1 heterocycles. The van der Waals surface area contributed by atoms with Gasteiger partial charge in [-0.05, 0) is 46.1 Å². The molecule has 0 aliphatic carbocycles. The highest BCUT2D eigenvalue weighted by atomic mass is 79.9. The third-order valence-corrected chi connectivity index (χ3v) is 4.44. The lowest BCUT2D eigenvalue weighted by Crippen LogP contribution is -2.26. The zero-order chi connectivity index (χ0) is 15.0. The molecule has 21 heavy (non-hydrogen) atoms. The van der Waals surface area contributed by atoms with Gasteiger partial charge >= 0.3 is 0 Å². The van der Waals surface area contributed by atoms with Crippen molar-refractivity contribution in [2.45, 2.75) is 18.4 Å². The zero-order valence-corrected chi connectivity index (χ0v) is 12.7. The Morgan fingerprint density at radius 1 is 1.19 bits per heavy atom. The molecule has 0 spiro atoms. The Balaban J connectivity index is 2.00. The molecule has 2 nitrogen and oxygen atoms in total. The predicted octanol–water partition coefficient (Wildman–Crippen LogP) is 4.29. The Bertz CT molecular complexity index is 677. The van der Waals surface area contributed by atoms with Crippen LogP contribution in [0.4, 0.5) is 8.78 Å². The van der Waals surface area contributed by atoms with E-state index in [0.29, 0.717) is 13.0 Å². The van der Waals surface area contributed by atoms with E-state index in [0.717, 1.165) is 17.4 Å². The van der Waals surface area contributed by atoms with E-state index in [4.69, 9.17) is 10.5 Å². The number of hydrogen-bond acceptors (Lipinski definition) is 2. The molecule has 0 radical (unpaired) electrons. The van der Waals surface area contributed by atoms with Gasteiger partial charge in [-0.15, -0.1) is 0 Å². The van der Waals surface area contributed by atoms with Crippen LogP contribution in [-0.2, 0) is 0 Å². The molecule has 2 unspecified atom stereocenters. The Kier molecular flexibility index (Phi) is 3.95. The molecular weight excluding hydrogens is 340 g/mol. The fourth-order valence-corrected chi connectivity index (χ4v) is 3.07. The topological polar surface area (TPSA) is 35.2 Å². The first-order valence-electron chi connectivity index (χ1n) is 6.69. The van der Waals surface area contributed by atoms with Crippen molar-refractivity contribution >= 4 is 15.9 Å². The van der Waals surface area contributed by atoms with Crippen molar-refractivity contribution in [3.63, 3.8) is 0 Å². The van der Waals surface area contributed by atoms with E-state index in [2.05, 4.69) is 15.9 Å². The van der Waals surface area contributed by atoms with Gasteiger partial charge in [-0.3, -0.25) is 0 Å². The zero-order valence-electron chi connectivity index (χ0n) is 11.2. The fourth-order valence-electron chi connectivity index (χ4n) is 2.75. The first-order chi connectivity index (χ1) is 10.1. The largest absolute Gasteiger partial charge is 0.493 e. The Labute approximate surface area is 130 Å². The lowest BCUT2D eigenvalue weighted by Gasteiger charge is -2.30. The molecule has 2 atom stereocenters. The van der Waals surface area contributed by atoms with Gasteiger partial charge in [0, 0.05) is 17.5 Å². The van der Waals surface area contributed by atoms with Crippen molar-refractivity contribution in [1.29, 1.82) is 0 Å². The molecule has 2 aromatic rings. The van der Waals surface area contributed by atoms with Crippen molar-refractivity contribution < 1.29 is 13.5 Å². The van der Waals surface area contributed by atoms with E-state index in [9.17, 15) is 8.78 Å². The maximum absolute atomic E-state index is 14.1. The van der Waals surface area contributed by atoms with Gasteiger partial charge in [-0.2, -0.15) is 0 Å². The lowest BCUT2D eigenvalue weighted by atomic mass is 9.83. The van der Waals surface area contributed by atoms with Crippen LogP contribution in [0.2, 0.25) is 0 Å². The van der Waals surface area contributed by atoms with E-state index in [1.807, 2.05) is 24.3 Å². The molecule has 0 saturated heterocycles. The summed E-state index contributed by atoms with van der Waals surface area (Å²) in [5.41, 5.74) is 7.36. The molecule has 0 fully saturated rings. The summed E-state index contributed by atoms with van der Waals surface area (Å²) in [5.74, 6) is -0.339. The van der Waals surface area contributed by atoms with Gasteiger partial charge in [0.2, 0.25) is 0 Å². The Morgan fingerprint density at radius 3 is 2.76 bits per heavy atom. The van der Waals surface area contributed by atoms with Gasteiger partial charge in [-0.1, -0.05) is 18.2 Å². The van der Waals surface area contributed by atoms with Crippen molar-refractivity contribution in [3.8, 4) is 5.75 Å². The molecule has 3 rings (SSSR count). The SMILES string of the molecule is NC(c1cc(F)c(Br)cc1F)C1CCOc2ccccc21. The number of benzene rings is 2. The van der Waals surface area contributed by atoms with Crippen LogP contribution in [0.1, 0.15) is 29.5 Å². The maximum Gasteiger partial charge on any atom is 0.137 e. The summed E-state index contributed by atoms with van der Waals surface area (Å²) in [7, 11) is 0. The second-order valence-corrected chi connectivity index (χ2v) is 5.95. The van der Waals surface area contributed by atoms with Crippen molar-refractivity contribution in [2.75, 3.05) is 6.61 Å². The molecule has 0 saturated carbocycles. The van der Waals surface area contributed by atoms with Gasteiger partial charge < -0.3 is 10.5 Å². The predicted molar refractivity (Wildman–Crippen MR) is 80.3 cm³/mol. The Morgan fingerprint density at radius 2 is 1.95 bits per heavy atom. The first kappa shape index (κ1) is 14.5. The average Bonchev–Trinajstić information content (AvgIpc) is 2.49. The summed E-state index contributed by atoms with van der Waals surface area (Å²) in [4.78, 5) is 0. The van der Waals surface area contributed by atoms with Crippen molar-refractivity contribution in [2.24, 2.45) is 5.73 Å². The van der Waals surface area contributed by atoms with E-state index in [1.165, 1.54) is 6.07 Å². The monoisotopic (exact) mass is 353 g/mol. The van der Waals surface area contributed by atoms with Crippen LogP contribution >= 0.6 is 15.9 Å². The molecule has 0 bridgehead atoms. The van der Waals surface area contributed by atoms with Gasteiger partial charge in [-0.25, -0.2) is 8.78 Å². The fraction of sp³-hybridized carbons (Fsp3) is 0.250. The van der Waals surface area contributed by atoms with Crippen molar-refractivity contribution in [3.05, 3.63) is 63.6 Å². The number of fused-ring (bicyclic) bond motifs is 1. The highest BCUT2D eigenvalue weighted by Gasteiger charge is 2.29. The average molecular weight is 354 g/mol.